The molecule has 0 saturated carbocycles. The molecule has 104 valence electrons. The van der Waals surface area contributed by atoms with E-state index in [1.807, 2.05) is 24.3 Å². The van der Waals surface area contributed by atoms with Crippen LogP contribution in [0.15, 0.2) is 48.7 Å². The van der Waals surface area contributed by atoms with Gasteiger partial charge in [-0.05, 0) is 24.3 Å². The molecular weight excluding hydrogens is 288 g/mol. The van der Waals surface area contributed by atoms with Gasteiger partial charge in [0.1, 0.15) is 0 Å². The lowest BCUT2D eigenvalue weighted by Gasteiger charge is -2.20. The highest BCUT2D eigenvalue weighted by Gasteiger charge is 2.48. The summed E-state index contributed by atoms with van der Waals surface area (Å²) in [6.07, 6.45) is 1.67. The van der Waals surface area contributed by atoms with Gasteiger partial charge in [0.05, 0.1) is 0 Å². The van der Waals surface area contributed by atoms with E-state index in [1.54, 1.807) is 24.4 Å². The molecular formula is C16H11ClN2O2. The van der Waals surface area contributed by atoms with E-state index in [4.69, 9.17) is 11.6 Å². The molecule has 3 aromatic rings. The predicted octanol–water partition coefficient (Wildman–Crippen LogP) is 3.01. The van der Waals surface area contributed by atoms with Crippen molar-refractivity contribution in [1.29, 1.82) is 0 Å². The van der Waals surface area contributed by atoms with Crippen molar-refractivity contribution < 1.29 is 9.90 Å². The van der Waals surface area contributed by atoms with Gasteiger partial charge >= 0.3 is 0 Å². The smallest absolute Gasteiger partial charge is 0.265 e. The summed E-state index contributed by atoms with van der Waals surface area (Å²) < 4.78 is 0. The minimum atomic E-state index is -1.74. The molecule has 0 aliphatic carbocycles. The highest BCUT2D eigenvalue weighted by Crippen LogP contribution is 2.44. The fraction of sp³-hybridized carbons (Fsp3) is 0.0625. The van der Waals surface area contributed by atoms with Crippen molar-refractivity contribution >= 4 is 34.1 Å². The number of nitrogens with one attached hydrogen (secondary N) is 2. The van der Waals surface area contributed by atoms with Crippen LogP contribution < -0.4 is 5.32 Å². The standard InChI is InChI=1S/C16H11ClN2O2/c17-9-5-6-14-11(7-9)16(21,15(20)19-14)12-8-18-13-4-2-1-3-10(12)13/h1-8,18,21H,(H,19,20)/t16-/m0/s1. The molecule has 0 bridgehead atoms. The van der Waals surface area contributed by atoms with Crippen molar-refractivity contribution in [2.75, 3.05) is 5.32 Å². The number of aliphatic hydroxyl groups is 1. The number of benzene rings is 2. The molecule has 3 N–H and O–H groups in total. The van der Waals surface area contributed by atoms with Gasteiger partial charge in [-0.1, -0.05) is 29.8 Å². The summed E-state index contributed by atoms with van der Waals surface area (Å²) in [7, 11) is 0. The van der Waals surface area contributed by atoms with Crippen LogP contribution in [0.5, 0.6) is 0 Å². The normalized spacial score (nSPS) is 20.6. The number of H-pyrrole nitrogens is 1. The third-order valence-corrected chi connectivity index (χ3v) is 4.16. The molecule has 0 radical (unpaired) electrons. The molecule has 1 aromatic heterocycles. The van der Waals surface area contributed by atoms with E-state index in [1.165, 1.54) is 0 Å². The quantitative estimate of drug-likeness (QED) is 0.646. The van der Waals surface area contributed by atoms with Crippen LogP contribution in [0.2, 0.25) is 5.02 Å². The SMILES string of the molecule is O=C1Nc2ccc(Cl)cc2[C@]1(O)c1c[nH]c2ccccc12. The Kier molecular flexibility index (Phi) is 2.43. The van der Waals surface area contributed by atoms with Crippen molar-refractivity contribution in [3.63, 3.8) is 0 Å². The summed E-state index contributed by atoms with van der Waals surface area (Å²) in [5.41, 5.74) is 0.711. The number of aromatic nitrogens is 1. The van der Waals surface area contributed by atoms with Crippen LogP contribution in [0.4, 0.5) is 5.69 Å². The zero-order valence-corrected chi connectivity index (χ0v) is 11.6. The zero-order valence-electron chi connectivity index (χ0n) is 10.9. The first kappa shape index (κ1) is 12.4. The Morgan fingerprint density at radius 1 is 1.10 bits per heavy atom. The zero-order chi connectivity index (χ0) is 14.6. The molecule has 1 atom stereocenters. The van der Waals surface area contributed by atoms with E-state index in [-0.39, 0.29) is 0 Å². The molecule has 0 spiro atoms. The van der Waals surface area contributed by atoms with Gasteiger partial charge in [-0.15, -0.1) is 0 Å². The van der Waals surface area contributed by atoms with Gasteiger partial charge in [-0.25, -0.2) is 0 Å². The summed E-state index contributed by atoms with van der Waals surface area (Å²) in [5.74, 6) is -0.468. The Morgan fingerprint density at radius 3 is 2.76 bits per heavy atom. The number of carbonyl (C=O) groups excluding carboxylic acids is 1. The molecule has 1 aliphatic rings. The molecule has 21 heavy (non-hydrogen) atoms. The molecule has 2 aromatic carbocycles. The van der Waals surface area contributed by atoms with Crippen molar-refractivity contribution in [1.82, 2.24) is 4.98 Å². The van der Waals surface area contributed by atoms with Crippen LogP contribution in [0.25, 0.3) is 10.9 Å². The van der Waals surface area contributed by atoms with Gasteiger partial charge < -0.3 is 15.4 Å². The largest absolute Gasteiger partial charge is 0.372 e. The van der Waals surface area contributed by atoms with Crippen LogP contribution in [0.1, 0.15) is 11.1 Å². The molecule has 0 unspecified atom stereocenters. The van der Waals surface area contributed by atoms with Crippen LogP contribution in [0, 0.1) is 0 Å². The molecule has 5 heteroatoms. The van der Waals surface area contributed by atoms with Crippen molar-refractivity contribution in [2.24, 2.45) is 0 Å². The second-order valence-corrected chi connectivity index (χ2v) is 5.54. The molecule has 0 fully saturated rings. The van der Waals surface area contributed by atoms with E-state index in [0.29, 0.717) is 21.8 Å². The van der Waals surface area contributed by atoms with Gasteiger partial charge in [0, 0.05) is 38.9 Å². The highest BCUT2D eigenvalue weighted by atomic mass is 35.5. The molecule has 4 rings (SSSR count). The number of amides is 1. The number of hydrogen-bond donors (Lipinski definition) is 3. The molecule has 1 aliphatic heterocycles. The first-order valence-corrected chi connectivity index (χ1v) is 6.89. The van der Waals surface area contributed by atoms with E-state index in [9.17, 15) is 9.90 Å². The number of para-hydroxylation sites is 1. The Hall–Kier alpha value is -2.30. The Bertz CT molecular complexity index is 887. The summed E-state index contributed by atoms with van der Waals surface area (Å²) in [6.45, 7) is 0. The number of hydrogen-bond acceptors (Lipinski definition) is 2. The lowest BCUT2D eigenvalue weighted by atomic mass is 9.87. The molecule has 1 amide bonds. The van der Waals surface area contributed by atoms with E-state index < -0.39 is 11.5 Å². The van der Waals surface area contributed by atoms with Crippen molar-refractivity contribution in [2.45, 2.75) is 5.60 Å². The minimum absolute atomic E-state index is 0.468. The average molecular weight is 299 g/mol. The van der Waals surface area contributed by atoms with Crippen LogP contribution in [-0.2, 0) is 10.4 Å². The minimum Gasteiger partial charge on any atom is -0.372 e. The van der Waals surface area contributed by atoms with Gasteiger partial charge in [0.2, 0.25) is 0 Å². The Labute approximate surface area is 125 Å². The van der Waals surface area contributed by atoms with E-state index >= 15 is 0 Å². The van der Waals surface area contributed by atoms with Crippen LogP contribution in [-0.4, -0.2) is 16.0 Å². The van der Waals surface area contributed by atoms with Gasteiger partial charge in [-0.3, -0.25) is 4.79 Å². The first-order chi connectivity index (χ1) is 10.1. The number of halogens is 1. The lowest BCUT2D eigenvalue weighted by molar-refractivity contribution is -0.129. The summed E-state index contributed by atoms with van der Waals surface area (Å²) >= 11 is 6.02. The Morgan fingerprint density at radius 2 is 1.90 bits per heavy atom. The predicted molar refractivity (Wildman–Crippen MR) is 81.4 cm³/mol. The Balaban J connectivity index is 2.03. The molecule has 2 heterocycles. The summed E-state index contributed by atoms with van der Waals surface area (Å²) in [4.78, 5) is 15.5. The topological polar surface area (TPSA) is 65.1 Å². The molecule has 4 nitrogen and oxygen atoms in total. The average Bonchev–Trinajstić information content (AvgIpc) is 3.01. The van der Waals surface area contributed by atoms with Gasteiger partial charge in [0.15, 0.2) is 5.60 Å². The number of aromatic amines is 1. The fourth-order valence-electron chi connectivity index (χ4n) is 2.90. The fourth-order valence-corrected chi connectivity index (χ4v) is 3.07. The van der Waals surface area contributed by atoms with Crippen molar-refractivity contribution in [3.8, 4) is 0 Å². The number of fused-ring (bicyclic) bond motifs is 2. The van der Waals surface area contributed by atoms with E-state index in [2.05, 4.69) is 10.3 Å². The molecule has 0 saturated heterocycles. The highest BCUT2D eigenvalue weighted by molar-refractivity contribution is 6.31. The third-order valence-electron chi connectivity index (χ3n) is 3.93. The first-order valence-electron chi connectivity index (χ1n) is 6.51. The van der Waals surface area contributed by atoms with Gasteiger partial charge in [0.25, 0.3) is 5.91 Å². The maximum atomic E-state index is 12.4. The monoisotopic (exact) mass is 298 g/mol. The maximum Gasteiger partial charge on any atom is 0.265 e. The lowest BCUT2D eigenvalue weighted by Crippen LogP contribution is -2.35. The van der Waals surface area contributed by atoms with Crippen LogP contribution in [0.3, 0.4) is 0 Å². The number of rotatable bonds is 1. The van der Waals surface area contributed by atoms with Crippen LogP contribution >= 0.6 is 11.6 Å². The maximum absolute atomic E-state index is 12.4. The second kappa shape index (κ2) is 4.10. The van der Waals surface area contributed by atoms with Gasteiger partial charge in [-0.2, -0.15) is 0 Å². The second-order valence-electron chi connectivity index (χ2n) is 5.10. The number of anilines is 1. The van der Waals surface area contributed by atoms with Crippen molar-refractivity contribution in [3.05, 3.63) is 64.8 Å². The summed E-state index contributed by atoms with van der Waals surface area (Å²) in [6, 6.07) is 12.5. The number of carbonyl (C=O) groups is 1. The van der Waals surface area contributed by atoms with E-state index in [0.717, 1.165) is 10.9 Å². The third kappa shape index (κ3) is 1.57. The summed E-state index contributed by atoms with van der Waals surface area (Å²) in [5, 5.41) is 15.1.